The zero-order valence-corrected chi connectivity index (χ0v) is 14.5. The highest BCUT2D eigenvalue weighted by Gasteiger charge is 2.24. The summed E-state index contributed by atoms with van der Waals surface area (Å²) in [4.78, 5) is 22.0. The van der Waals surface area contributed by atoms with Gasteiger partial charge in [0.2, 0.25) is 0 Å². The summed E-state index contributed by atoms with van der Waals surface area (Å²) in [6.07, 6.45) is 0.713. The molecule has 1 aliphatic rings. The van der Waals surface area contributed by atoms with Gasteiger partial charge in [0.1, 0.15) is 11.5 Å². The van der Waals surface area contributed by atoms with Crippen LogP contribution < -0.4 is 11.1 Å². The summed E-state index contributed by atoms with van der Waals surface area (Å²) in [7, 11) is 0. The van der Waals surface area contributed by atoms with Crippen LogP contribution in [0.1, 0.15) is 23.1 Å². The number of para-hydroxylation sites is 1. The van der Waals surface area contributed by atoms with Crippen LogP contribution in [0.2, 0.25) is 0 Å². The maximum absolute atomic E-state index is 12.9. The number of nitrogens with zero attached hydrogens (tertiary/aromatic N) is 2. The molecule has 0 spiro atoms. The number of amides is 1. The van der Waals surface area contributed by atoms with Gasteiger partial charge >= 0.3 is 0 Å². The molecule has 0 saturated carbocycles. The lowest BCUT2D eigenvalue weighted by atomic mass is 9.98. The number of anilines is 1. The van der Waals surface area contributed by atoms with E-state index in [0.717, 1.165) is 27.7 Å². The van der Waals surface area contributed by atoms with Gasteiger partial charge in [-0.1, -0.05) is 25.1 Å². The van der Waals surface area contributed by atoms with Crippen molar-refractivity contribution < 1.29 is 9.53 Å². The number of carbonyl (C=O) groups is 1. The van der Waals surface area contributed by atoms with Crippen LogP contribution in [0.15, 0.2) is 42.5 Å². The first kappa shape index (κ1) is 16.5. The SMILES string of the molecule is CCc1nc(N)ccc1-c1cc2ccccc2nc1C(=O)NC1COC1. The van der Waals surface area contributed by atoms with E-state index in [4.69, 9.17) is 10.5 Å². The number of carbonyl (C=O) groups excluding carboxylic acids is 1. The molecule has 1 aliphatic heterocycles. The van der Waals surface area contributed by atoms with E-state index in [1.807, 2.05) is 43.3 Å². The van der Waals surface area contributed by atoms with Gasteiger partial charge < -0.3 is 15.8 Å². The zero-order valence-electron chi connectivity index (χ0n) is 14.5. The number of rotatable bonds is 4. The summed E-state index contributed by atoms with van der Waals surface area (Å²) < 4.78 is 5.15. The molecule has 1 amide bonds. The van der Waals surface area contributed by atoms with E-state index in [1.165, 1.54) is 0 Å². The number of nitrogens with one attached hydrogen (secondary N) is 1. The number of benzene rings is 1. The van der Waals surface area contributed by atoms with Gasteiger partial charge in [-0.2, -0.15) is 0 Å². The summed E-state index contributed by atoms with van der Waals surface area (Å²) in [6, 6.07) is 13.5. The van der Waals surface area contributed by atoms with Crippen molar-refractivity contribution in [2.24, 2.45) is 0 Å². The fourth-order valence-corrected chi connectivity index (χ4v) is 3.10. The van der Waals surface area contributed by atoms with Crippen molar-refractivity contribution >= 4 is 22.6 Å². The molecule has 3 N–H and O–H groups in total. The Morgan fingerprint density at radius 2 is 2.00 bits per heavy atom. The molecular formula is C20H20N4O2. The van der Waals surface area contributed by atoms with Gasteiger partial charge in [0.25, 0.3) is 5.91 Å². The predicted octanol–water partition coefficient (Wildman–Crippen LogP) is 2.57. The van der Waals surface area contributed by atoms with Crippen molar-refractivity contribution in [1.29, 1.82) is 0 Å². The van der Waals surface area contributed by atoms with Crippen LogP contribution in [-0.2, 0) is 11.2 Å². The van der Waals surface area contributed by atoms with Crippen LogP contribution in [-0.4, -0.2) is 35.1 Å². The molecule has 0 aliphatic carbocycles. The van der Waals surface area contributed by atoms with Crippen LogP contribution in [0, 0.1) is 0 Å². The van der Waals surface area contributed by atoms with Gasteiger partial charge in [-0.3, -0.25) is 4.79 Å². The summed E-state index contributed by atoms with van der Waals surface area (Å²) in [5.41, 5.74) is 9.53. The first-order valence-electron chi connectivity index (χ1n) is 8.70. The number of fused-ring (bicyclic) bond motifs is 1. The van der Waals surface area contributed by atoms with Crippen molar-refractivity contribution in [3.8, 4) is 11.1 Å². The summed E-state index contributed by atoms with van der Waals surface area (Å²) in [6.45, 7) is 3.10. The van der Waals surface area contributed by atoms with Crippen LogP contribution in [0.5, 0.6) is 0 Å². The molecule has 1 aromatic carbocycles. The van der Waals surface area contributed by atoms with Crippen molar-refractivity contribution in [2.45, 2.75) is 19.4 Å². The molecule has 6 heteroatoms. The van der Waals surface area contributed by atoms with E-state index in [0.29, 0.717) is 31.1 Å². The van der Waals surface area contributed by atoms with Gasteiger partial charge in [0.15, 0.2) is 0 Å². The van der Waals surface area contributed by atoms with E-state index in [-0.39, 0.29) is 11.9 Å². The van der Waals surface area contributed by atoms with E-state index in [1.54, 1.807) is 6.07 Å². The van der Waals surface area contributed by atoms with Crippen molar-refractivity contribution in [3.63, 3.8) is 0 Å². The van der Waals surface area contributed by atoms with Crippen LogP contribution >= 0.6 is 0 Å². The van der Waals surface area contributed by atoms with Gasteiger partial charge in [-0.15, -0.1) is 0 Å². The zero-order chi connectivity index (χ0) is 18.1. The number of nitrogens with two attached hydrogens (primary N) is 1. The number of nitrogen functional groups attached to an aromatic ring is 1. The van der Waals surface area contributed by atoms with Crippen molar-refractivity contribution in [1.82, 2.24) is 15.3 Å². The molecule has 0 unspecified atom stereocenters. The predicted molar refractivity (Wildman–Crippen MR) is 101 cm³/mol. The third kappa shape index (κ3) is 2.99. The fourth-order valence-electron chi connectivity index (χ4n) is 3.10. The highest BCUT2D eigenvalue weighted by Crippen LogP contribution is 2.30. The first-order valence-corrected chi connectivity index (χ1v) is 8.70. The second-order valence-electron chi connectivity index (χ2n) is 6.37. The lowest BCUT2D eigenvalue weighted by Gasteiger charge is -2.27. The summed E-state index contributed by atoms with van der Waals surface area (Å²) >= 11 is 0. The molecule has 4 rings (SSSR count). The third-order valence-corrected chi connectivity index (χ3v) is 4.53. The molecule has 3 heterocycles. The van der Waals surface area contributed by atoms with Gasteiger partial charge in [0, 0.05) is 16.5 Å². The monoisotopic (exact) mass is 348 g/mol. The average Bonchev–Trinajstić information content (AvgIpc) is 2.63. The Labute approximate surface area is 151 Å². The van der Waals surface area contributed by atoms with Crippen LogP contribution in [0.3, 0.4) is 0 Å². The number of hydrogen-bond acceptors (Lipinski definition) is 5. The minimum atomic E-state index is -0.196. The van der Waals surface area contributed by atoms with E-state index >= 15 is 0 Å². The number of pyridine rings is 2. The minimum absolute atomic E-state index is 0.0406. The second kappa shape index (κ2) is 6.72. The average molecular weight is 348 g/mol. The molecule has 3 aromatic rings. The van der Waals surface area contributed by atoms with Crippen molar-refractivity contribution in [2.75, 3.05) is 18.9 Å². The lowest BCUT2D eigenvalue weighted by molar-refractivity contribution is -0.00353. The largest absolute Gasteiger partial charge is 0.384 e. The molecule has 6 nitrogen and oxygen atoms in total. The van der Waals surface area contributed by atoms with Gasteiger partial charge in [0.05, 0.1) is 30.5 Å². The second-order valence-corrected chi connectivity index (χ2v) is 6.37. The maximum Gasteiger partial charge on any atom is 0.270 e. The lowest BCUT2D eigenvalue weighted by Crippen LogP contribution is -2.48. The molecule has 0 bridgehead atoms. The fraction of sp³-hybridized carbons (Fsp3) is 0.250. The quantitative estimate of drug-likeness (QED) is 0.756. The normalized spacial score (nSPS) is 14.2. The Bertz CT molecular complexity index is 983. The number of ether oxygens (including phenoxy) is 1. The number of hydrogen-bond donors (Lipinski definition) is 2. The Morgan fingerprint density at radius 1 is 1.19 bits per heavy atom. The van der Waals surface area contributed by atoms with Crippen molar-refractivity contribution in [3.05, 3.63) is 53.9 Å². The highest BCUT2D eigenvalue weighted by atomic mass is 16.5. The standard InChI is InChI=1S/C20H20N4O2/c1-2-16-14(7-8-18(21)23-16)15-9-12-5-3-4-6-17(12)24-19(15)20(25)22-13-10-26-11-13/h3-9,13H,2,10-11H2,1H3,(H2,21,23)(H,22,25). The summed E-state index contributed by atoms with van der Waals surface area (Å²) in [5.74, 6) is 0.273. The third-order valence-electron chi connectivity index (χ3n) is 4.53. The smallest absolute Gasteiger partial charge is 0.270 e. The van der Waals surface area contributed by atoms with E-state index in [9.17, 15) is 4.79 Å². The Balaban J connectivity index is 1.88. The molecule has 1 saturated heterocycles. The molecular weight excluding hydrogens is 328 g/mol. The van der Waals surface area contributed by atoms with Crippen LogP contribution in [0.25, 0.3) is 22.0 Å². The summed E-state index contributed by atoms with van der Waals surface area (Å²) in [5, 5.41) is 3.96. The van der Waals surface area contributed by atoms with Crippen LogP contribution in [0.4, 0.5) is 5.82 Å². The topological polar surface area (TPSA) is 90.1 Å². The Morgan fingerprint density at radius 3 is 2.73 bits per heavy atom. The van der Waals surface area contributed by atoms with Gasteiger partial charge in [-0.05, 0) is 30.7 Å². The van der Waals surface area contributed by atoms with Gasteiger partial charge in [-0.25, -0.2) is 9.97 Å². The molecule has 0 radical (unpaired) electrons. The minimum Gasteiger partial charge on any atom is -0.384 e. The molecule has 132 valence electrons. The molecule has 1 fully saturated rings. The van der Waals surface area contributed by atoms with E-state index < -0.39 is 0 Å². The molecule has 0 atom stereocenters. The number of aromatic nitrogens is 2. The number of aryl methyl sites for hydroxylation is 1. The maximum atomic E-state index is 12.9. The van der Waals surface area contributed by atoms with E-state index in [2.05, 4.69) is 15.3 Å². The Hall–Kier alpha value is -2.99. The highest BCUT2D eigenvalue weighted by molar-refractivity contribution is 6.02. The Kier molecular flexibility index (Phi) is 4.26. The first-order chi connectivity index (χ1) is 12.7. The molecule has 26 heavy (non-hydrogen) atoms. The molecule has 2 aromatic heterocycles.